The zero-order valence-electron chi connectivity index (χ0n) is 12.7. The van der Waals surface area contributed by atoms with E-state index in [-0.39, 0.29) is 22.8 Å². The third kappa shape index (κ3) is 10.1. The van der Waals surface area contributed by atoms with E-state index in [1.165, 1.54) is 12.1 Å². The molecule has 2 fully saturated rings. The summed E-state index contributed by atoms with van der Waals surface area (Å²) in [4.78, 5) is 14.2. The van der Waals surface area contributed by atoms with Crippen LogP contribution in [0.5, 0.6) is 0 Å². The molecule has 120 valence electrons. The van der Waals surface area contributed by atoms with Gasteiger partial charge in [-0.3, -0.25) is 15.1 Å². The maximum absolute atomic E-state index is 10.5. The zero-order chi connectivity index (χ0) is 16.9. The largest absolute Gasteiger partial charge is 0 e. The van der Waals surface area contributed by atoms with E-state index in [0.717, 1.165) is 5.92 Å². The fraction of sp³-hybridized carbons (Fsp3) is 0. The van der Waals surface area contributed by atoms with Crippen molar-refractivity contribution in [1.82, 2.24) is 0 Å². The number of benzene rings is 1. The first-order chi connectivity index (χ1) is 11.3. The maximum atomic E-state index is 10.5. The second-order valence-electron chi connectivity index (χ2n) is 4.12. The minimum atomic E-state index is -0.437. The van der Waals surface area contributed by atoms with Gasteiger partial charge in [0.05, 0.1) is 10.6 Å². The van der Waals surface area contributed by atoms with Gasteiger partial charge in [-0.2, -0.15) is 5.92 Å². The van der Waals surface area contributed by atoms with Crippen molar-refractivity contribution in [2.24, 2.45) is 4.99 Å². The summed E-state index contributed by atoms with van der Waals surface area (Å²) in [5.41, 5.74) is 0.602. The van der Waals surface area contributed by atoms with Gasteiger partial charge in [-0.05, 0) is 44.4 Å². The molecule has 10 radical (unpaired) electrons. The van der Waals surface area contributed by atoms with Gasteiger partial charge in [-0.15, -0.1) is 0 Å². The molecular weight excluding hydrogens is 556 g/mol. The molecule has 0 saturated heterocycles. The molecule has 0 heterocycles. The molecule has 0 atom stereocenters. The average Bonchev–Trinajstić information content (AvgIpc) is 3.31. The number of nitrogens with zero attached hydrogens (tertiary/aromatic N) is 2. The summed E-state index contributed by atoms with van der Waals surface area (Å²) in [7, 11) is 4.83. The molecule has 0 unspecified atom stereocenters. The molecule has 4 nitrogen and oxygen atoms in total. The van der Waals surface area contributed by atoms with E-state index < -0.39 is 4.92 Å². The van der Waals surface area contributed by atoms with Gasteiger partial charge in [-0.1, -0.05) is 18.9 Å². The molecule has 2 aliphatic carbocycles. The van der Waals surface area contributed by atoms with Crippen LogP contribution in [0.4, 0.5) is 11.4 Å². The molecule has 24 heavy (non-hydrogen) atoms. The molecule has 1 aromatic rings. The molecule has 2 aliphatic rings. The van der Waals surface area contributed by atoms with E-state index in [4.69, 9.17) is 8.25 Å². The normalized spacial score (nSPS) is 16.6. The Hall–Kier alpha value is 0.0345. The Kier molecular flexibility index (Phi) is 15.3. The number of non-ortho nitro benzene ring substituents is 1. The second kappa shape index (κ2) is 15.3. The van der Waals surface area contributed by atoms with Crippen molar-refractivity contribution < 1.29 is 46.9 Å². The van der Waals surface area contributed by atoms with Gasteiger partial charge in [-0.25, -0.2) is 6.42 Å². The van der Waals surface area contributed by atoms with Crippen molar-refractivity contribution in [3.8, 4) is 0 Å². The standard InChI is InChI=1S/C12H8N2O2.C5H5.ClH.Fe.Hg/c15-14(16)12-7-3-6-11(8-12)13-9-10-4-1-2-5-10;1-2-4-5-3-1;;;/h1-4,6-9H;1-5H;1H;;/q-1;;;;+2/p-1. The average molecular weight is 569 g/mol. The smallest absolute Gasteiger partial charge is 0 e. The molecule has 0 spiro atoms. The summed E-state index contributed by atoms with van der Waals surface area (Å²) >= 11 is 0.500. The Morgan fingerprint density at radius 3 is 2.25 bits per heavy atom. The van der Waals surface area contributed by atoms with Crippen LogP contribution in [0.15, 0.2) is 29.3 Å². The SMILES string of the molecule is O=[N+]([O-])c1cccc(N=C[C]2[C-][CH][CH][CH]2)c1.[CH]1[CH][CH][CH][CH]1.[Cl][Hg+].[Fe]. The van der Waals surface area contributed by atoms with E-state index in [0.29, 0.717) is 30.6 Å². The van der Waals surface area contributed by atoms with Gasteiger partial charge >= 0.3 is 33.1 Å². The molecular formula is C17H13ClFeHgN2O2. The van der Waals surface area contributed by atoms with Gasteiger partial charge in [0.1, 0.15) is 0 Å². The molecule has 0 aromatic heterocycles. The quantitative estimate of drug-likeness (QED) is 0.180. The van der Waals surface area contributed by atoms with E-state index in [1.54, 1.807) is 24.8 Å². The summed E-state index contributed by atoms with van der Waals surface area (Å²) in [6, 6.07) is 6.19. The Labute approximate surface area is 174 Å². The summed E-state index contributed by atoms with van der Waals surface area (Å²) in [6.07, 6.45) is 20.1. The zero-order valence-corrected chi connectivity index (χ0v) is 20.0. The molecule has 0 amide bonds. The Morgan fingerprint density at radius 2 is 1.75 bits per heavy atom. The van der Waals surface area contributed by atoms with E-state index >= 15 is 0 Å². The van der Waals surface area contributed by atoms with Gasteiger partial charge in [0.15, 0.2) is 0 Å². The fourth-order valence-corrected chi connectivity index (χ4v) is 1.58. The van der Waals surface area contributed by atoms with E-state index in [9.17, 15) is 10.1 Å². The molecule has 0 aliphatic heterocycles. The third-order valence-corrected chi connectivity index (χ3v) is 2.57. The minimum Gasteiger partial charge on any atom is 0 e. The number of rotatable bonds is 3. The molecule has 0 N–H and O–H groups in total. The molecule has 7 heteroatoms. The summed E-state index contributed by atoms with van der Waals surface area (Å²) in [5, 5.41) is 10.5. The third-order valence-electron chi connectivity index (χ3n) is 2.57. The Balaban J connectivity index is 0.000000560. The Morgan fingerprint density at radius 1 is 1.12 bits per heavy atom. The molecule has 1 aromatic carbocycles. The first-order valence-electron chi connectivity index (χ1n) is 6.61. The fourth-order valence-electron chi connectivity index (χ4n) is 1.58. The van der Waals surface area contributed by atoms with Gasteiger partial charge < -0.3 is 6.42 Å². The molecule has 0 bridgehead atoms. The van der Waals surface area contributed by atoms with Gasteiger partial charge in [0.2, 0.25) is 0 Å². The number of hydrogen-bond acceptors (Lipinski definition) is 3. The summed E-state index contributed by atoms with van der Waals surface area (Å²) in [5.74, 6) is 0.853. The predicted octanol–water partition coefficient (Wildman–Crippen LogP) is 4.29. The Bertz CT molecular complexity index is 486. The van der Waals surface area contributed by atoms with Crippen LogP contribution in [-0.2, 0) is 42.0 Å². The van der Waals surface area contributed by atoms with E-state index in [1.807, 2.05) is 44.9 Å². The van der Waals surface area contributed by atoms with E-state index in [2.05, 4.69) is 11.4 Å². The first-order valence-corrected chi connectivity index (χ1v) is 13.4. The molecule has 3 rings (SSSR count). The maximum Gasteiger partial charge on any atom is 0 e. The van der Waals surface area contributed by atoms with Crippen LogP contribution in [0.3, 0.4) is 0 Å². The van der Waals surface area contributed by atoms with Crippen LogP contribution in [0.2, 0.25) is 0 Å². The van der Waals surface area contributed by atoms with Crippen LogP contribution >= 0.6 is 8.25 Å². The number of halogens is 1. The van der Waals surface area contributed by atoms with Gasteiger partial charge in [0, 0.05) is 29.2 Å². The van der Waals surface area contributed by atoms with Crippen LogP contribution in [0.25, 0.3) is 0 Å². The topological polar surface area (TPSA) is 55.5 Å². The minimum absolute atomic E-state index is 0. The number of hydrogen-bond donors (Lipinski definition) is 0. The van der Waals surface area contributed by atoms with Crippen LogP contribution < -0.4 is 0 Å². The van der Waals surface area contributed by atoms with Crippen molar-refractivity contribution in [2.45, 2.75) is 0 Å². The van der Waals surface area contributed by atoms with Crippen molar-refractivity contribution in [2.75, 3.05) is 0 Å². The number of nitro benzene ring substituents is 1. The van der Waals surface area contributed by atoms with Gasteiger partial charge in [0.25, 0.3) is 5.69 Å². The van der Waals surface area contributed by atoms with Crippen molar-refractivity contribution >= 4 is 25.8 Å². The number of aliphatic imine (C=N–C) groups is 1. The van der Waals surface area contributed by atoms with Crippen molar-refractivity contribution in [1.29, 1.82) is 0 Å². The first kappa shape index (κ1) is 24.0. The summed E-state index contributed by atoms with van der Waals surface area (Å²) < 4.78 is 0. The predicted molar refractivity (Wildman–Crippen MR) is 88.0 cm³/mol. The van der Waals surface area contributed by atoms with Crippen molar-refractivity contribution in [3.05, 3.63) is 98.1 Å². The second-order valence-corrected chi connectivity index (χ2v) is 4.12. The number of nitro groups is 1. The molecule has 2 saturated carbocycles. The van der Waals surface area contributed by atoms with Crippen LogP contribution in [0, 0.1) is 73.8 Å². The van der Waals surface area contributed by atoms with Crippen LogP contribution in [-0.4, -0.2) is 11.1 Å². The summed E-state index contributed by atoms with van der Waals surface area (Å²) in [6.45, 7) is 0. The monoisotopic (exact) mass is 570 g/mol. The van der Waals surface area contributed by atoms with Crippen molar-refractivity contribution in [3.63, 3.8) is 0 Å². The van der Waals surface area contributed by atoms with Crippen LogP contribution in [0.1, 0.15) is 0 Å².